The van der Waals surface area contributed by atoms with Crippen LogP contribution in [0.3, 0.4) is 0 Å². The normalized spacial score (nSPS) is 8.86. The van der Waals surface area contributed by atoms with E-state index in [9.17, 15) is 0 Å². The molecule has 4 nitrogen and oxygen atoms in total. The van der Waals surface area contributed by atoms with Gasteiger partial charge in [-0.1, -0.05) is 0 Å². The number of ether oxygens (including phenoxy) is 1. The summed E-state index contributed by atoms with van der Waals surface area (Å²) >= 11 is 0. The highest BCUT2D eigenvalue weighted by molar-refractivity contribution is 7.29. The van der Waals surface area contributed by atoms with Crippen molar-refractivity contribution in [3.8, 4) is 0 Å². The van der Waals surface area contributed by atoms with Gasteiger partial charge in [-0.3, -0.25) is 0 Å². The molecule has 0 amide bonds. The van der Waals surface area contributed by atoms with E-state index in [0.29, 0.717) is 0 Å². The number of methoxy groups -OCH3 is 1. The van der Waals surface area contributed by atoms with Crippen molar-refractivity contribution in [3.05, 3.63) is 0 Å². The van der Waals surface area contributed by atoms with E-state index >= 15 is 0 Å². The first-order chi connectivity index (χ1) is 3.15. The molecule has 7 heavy (non-hydrogen) atoms. The molecule has 0 fully saturated rings. The van der Waals surface area contributed by atoms with E-state index in [1.807, 2.05) is 0 Å². The molecule has 0 aliphatic rings. The van der Waals surface area contributed by atoms with Gasteiger partial charge in [0.25, 0.3) is 0 Å². The molecule has 0 heterocycles. The fraction of sp³-hybridized carbons (Fsp3) is 1.00. The first-order valence-electron chi connectivity index (χ1n) is 1.38. The molecule has 0 saturated carbocycles. The molecule has 0 aliphatic carbocycles. The third kappa shape index (κ3) is 237000. The van der Waals surface area contributed by atoms with Crippen molar-refractivity contribution < 1.29 is 19.1 Å². The molecule has 0 aromatic heterocycles. The van der Waals surface area contributed by atoms with Gasteiger partial charge in [0.15, 0.2) is 0 Å². The van der Waals surface area contributed by atoms with E-state index in [-0.39, 0.29) is 0 Å². The van der Waals surface area contributed by atoms with Crippen molar-refractivity contribution in [1.29, 1.82) is 0 Å². The molecule has 5 heteroatoms. The van der Waals surface area contributed by atoms with E-state index in [1.165, 1.54) is 0 Å². The zero-order valence-electron chi connectivity index (χ0n) is 4.12. The minimum atomic E-state index is -3.12. The minimum absolute atomic E-state index is 1.62. The molecule has 0 aromatic rings. The first-order valence-corrected chi connectivity index (χ1v) is 2.51. The van der Waals surface area contributed by atoms with Crippen LogP contribution in [0.5, 0.6) is 0 Å². The van der Waals surface area contributed by atoms with Crippen molar-refractivity contribution in [2.24, 2.45) is 0 Å². The second-order valence-electron chi connectivity index (χ2n) is 0.646. The molecule has 0 aliphatic heterocycles. The van der Waals surface area contributed by atoms with Crippen molar-refractivity contribution in [3.63, 3.8) is 0 Å². The predicted octanol–water partition coefficient (Wildman–Crippen LogP) is -0.741. The Kier molecular flexibility index (Phi) is 13.5. The second kappa shape index (κ2) is 9.36. The average Bonchev–Trinajstić information content (AvgIpc) is 1.33. The highest BCUT2D eigenvalue weighted by atomic mass is 31.1. The lowest BCUT2D eigenvalue weighted by Crippen LogP contribution is -1.78. The average molecular weight is 126 g/mol. The summed E-state index contributed by atoms with van der Waals surface area (Å²) in [7, 11) is 0.130. The summed E-state index contributed by atoms with van der Waals surface area (Å²) in [6, 6.07) is 0. The SMILES string of the molecule is COC.O=[P+]([O-])O. The van der Waals surface area contributed by atoms with Crippen molar-refractivity contribution in [1.82, 2.24) is 0 Å². The molecule has 1 N–H and O–H groups in total. The molecule has 0 saturated heterocycles. The smallest absolute Gasteiger partial charge is 0.485 e. The van der Waals surface area contributed by atoms with Gasteiger partial charge in [-0.25, -0.2) is 0 Å². The van der Waals surface area contributed by atoms with Crippen LogP contribution >= 0.6 is 8.25 Å². The Bertz CT molecular complexity index is 41.0. The number of hydrogen-bond donors (Lipinski definition) is 1. The van der Waals surface area contributed by atoms with E-state index in [4.69, 9.17) is 14.4 Å². The van der Waals surface area contributed by atoms with Crippen LogP contribution in [0.4, 0.5) is 0 Å². The Hall–Kier alpha value is -0.0200. The highest BCUT2D eigenvalue weighted by Crippen LogP contribution is 1.89. The van der Waals surface area contributed by atoms with Crippen LogP contribution in [0.25, 0.3) is 0 Å². The van der Waals surface area contributed by atoms with Gasteiger partial charge in [0.2, 0.25) is 0 Å². The standard InChI is InChI=1S/C2H6O.HO3P/c1-3-2;1-4(2)3/h1-2H3;(H,1,2,3). The predicted molar refractivity (Wildman–Crippen MR) is 22.8 cm³/mol. The summed E-state index contributed by atoms with van der Waals surface area (Å²) in [5, 5.41) is 0. The Morgan fingerprint density at radius 2 is 1.71 bits per heavy atom. The largest absolute Gasteiger partial charge is 0.567 e. The van der Waals surface area contributed by atoms with Crippen LogP contribution in [0, 0.1) is 0 Å². The van der Waals surface area contributed by atoms with E-state index < -0.39 is 8.25 Å². The van der Waals surface area contributed by atoms with Gasteiger partial charge in [0, 0.05) is 14.2 Å². The molecule has 1 atom stereocenters. The summed E-state index contributed by atoms with van der Waals surface area (Å²) in [6.07, 6.45) is 0. The van der Waals surface area contributed by atoms with Crippen molar-refractivity contribution in [2.45, 2.75) is 0 Å². The summed E-state index contributed by atoms with van der Waals surface area (Å²) in [5.74, 6) is 0. The lowest BCUT2D eigenvalue weighted by Gasteiger charge is -1.61. The van der Waals surface area contributed by atoms with Crippen LogP contribution < -0.4 is 4.89 Å². The molecule has 0 aromatic carbocycles. The van der Waals surface area contributed by atoms with E-state index in [2.05, 4.69) is 4.74 Å². The fourth-order valence-electron chi connectivity index (χ4n) is 0. The van der Waals surface area contributed by atoms with Gasteiger partial charge >= 0.3 is 8.25 Å². The number of rotatable bonds is 0. The molecule has 0 rings (SSSR count). The zero-order chi connectivity index (χ0) is 6.28. The number of hydrogen-bond acceptors (Lipinski definition) is 3. The molecule has 44 valence electrons. The molecule has 0 radical (unpaired) electrons. The summed E-state index contributed by atoms with van der Waals surface area (Å²) < 4.78 is 12.8. The van der Waals surface area contributed by atoms with Crippen LogP contribution in [-0.4, -0.2) is 19.1 Å². The van der Waals surface area contributed by atoms with Gasteiger partial charge < -0.3 is 9.63 Å². The summed E-state index contributed by atoms with van der Waals surface area (Å²) in [5.41, 5.74) is 0. The van der Waals surface area contributed by atoms with E-state index in [1.54, 1.807) is 14.2 Å². The molecular weight excluding hydrogens is 119 g/mol. The van der Waals surface area contributed by atoms with Crippen LogP contribution in [0.2, 0.25) is 0 Å². The monoisotopic (exact) mass is 126 g/mol. The fourth-order valence-corrected chi connectivity index (χ4v) is 0. The molecule has 1 unspecified atom stereocenters. The first kappa shape index (κ1) is 10.1. The van der Waals surface area contributed by atoms with E-state index in [0.717, 1.165) is 0 Å². The highest BCUT2D eigenvalue weighted by Gasteiger charge is 1.73. The van der Waals surface area contributed by atoms with Gasteiger partial charge in [0.1, 0.15) is 0 Å². The maximum atomic E-state index is 8.59. The Morgan fingerprint density at radius 3 is 1.71 bits per heavy atom. The molecule has 0 spiro atoms. The lowest BCUT2D eigenvalue weighted by atomic mass is 11.6. The quantitative estimate of drug-likeness (QED) is 0.434. The van der Waals surface area contributed by atoms with Crippen LogP contribution in [0.1, 0.15) is 0 Å². The third-order valence-electron chi connectivity index (χ3n) is 0. The Morgan fingerprint density at radius 1 is 1.71 bits per heavy atom. The lowest BCUT2D eigenvalue weighted by molar-refractivity contribution is -0.180. The second-order valence-corrected chi connectivity index (χ2v) is 1.12. The summed E-state index contributed by atoms with van der Waals surface area (Å²) in [6.45, 7) is 0. The van der Waals surface area contributed by atoms with Crippen LogP contribution in [-0.2, 0) is 9.30 Å². The Balaban J connectivity index is 0. The van der Waals surface area contributed by atoms with Crippen LogP contribution in [0.15, 0.2) is 0 Å². The third-order valence-corrected chi connectivity index (χ3v) is 0. The Labute approximate surface area is 42.7 Å². The minimum Gasteiger partial charge on any atom is -0.567 e. The summed E-state index contributed by atoms with van der Waals surface area (Å²) in [4.78, 5) is 15.6. The maximum Gasteiger partial charge on any atom is 0.485 e. The zero-order valence-corrected chi connectivity index (χ0v) is 5.01. The van der Waals surface area contributed by atoms with Gasteiger partial charge in [-0.15, -0.1) is 0 Å². The topological polar surface area (TPSA) is 69.6 Å². The van der Waals surface area contributed by atoms with Gasteiger partial charge in [0.05, 0.1) is 0 Å². The van der Waals surface area contributed by atoms with Crippen molar-refractivity contribution in [2.75, 3.05) is 14.2 Å². The van der Waals surface area contributed by atoms with Gasteiger partial charge in [-0.2, -0.15) is 4.89 Å². The maximum absolute atomic E-state index is 8.59. The molecular formula is C2H7O4P. The van der Waals surface area contributed by atoms with Gasteiger partial charge in [-0.05, 0) is 4.57 Å². The molecule has 0 bridgehead atoms. The van der Waals surface area contributed by atoms with Crippen molar-refractivity contribution >= 4 is 8.25 Å².